The van der Waals surface area contributed by atoms with Crippen LogP contribution in [-0.4, -0.2) is 24.6 Å². The van der Waals surface area contributed by atoms with E-state index in [9.17, 15) is 4.79 Å². The fourth-order valence-electron chi connectivity index (χ4n) is 1.89. The van der Waals surface area contributed by atoms with Gasteiger partial charge in [-0.25, -0.2) is 9.78 Å². The van der Waals surface area contributed by atoms with Gasteiger partial charge in [0.05, 0.1) is 7.11 Å². The minimum Gasteiger partial charge on any atom is -0.464 e. The summed E-state index contributed by atoms with van der Waals surface area (Å²) in [4.78, 5) is 16.6. The number of aryl methyl sites for hydroxylation is 1. The number of carbonyl (C=O) groups is 1. The van der Waals surface area contributed by atoms with Crippen molar-refractivity contribution in [3.8, 4) is 0 Å². The third-order valence-corrected chi connectivity index (χ3v) is 4.32. The summed E-state index contributed by atoms with van der Waals surface area (Å²) in [6.45, 7) is 7.36. The van der Waals surface area contributed by atoms with E-state index in [0.717, 1.165) is 16.6 Å². The molecule has 1 aromatic rings. The Morgan fingerprint density at radius 3 is 2.82 bits per heavy atom. The van der Waals surface area contributed by atoms with Gasteiger partial charge in [-0.2, -0.15) is 0 Å². The number of thiazole rings is 1. The highest BCUT2D eigenvalue weighted by Crippen LogP contribution is 2.51. The first kappa shape index (κ1) is 12.4. The largest absolute Gasteiger partial charge is 0.464 e. The Bertz CT molecular complexity index is 440. The average Bonchev–Trinajstić information content (AvgIpc) is 2.70. The van der Waals surface area contributed by atoms with Gasteiger partial charge in [-0.15, -0.1) is 11.3 Å². The number of methoxy groups -OCH3 is 1. The van der Waals surface area contributed by atoms with Crippen molar-refractivity contribution in [3.05, 3.63) is 10.6 Å². The summed E-state index contributed by atoms with van der Waals surface area (Å²) in [7, 11) is 1.38. The number of aromatic nitrogens is 1. The molecule has 1 N–H and O–H groups in total. The second-order valence-electron chi connectivity index (χ2n) is 5.19. The van der Waals surface area contributed by atoms with Gasteiger partial charge in [0.1, 0.15) is 0 Å². The molecule has 1 heterocycles. The first-order valence-corrected chi connectivity index (χ1v) is 6.55. The van der Waals surface area contributed by atoms with E-state index in [1.807, 2.05) is 6.92 Å². The summed E-state index contributed by atoms with van der Waals surface area (Å²) < 4.78 is 4.68. The number of hydrogen-bond donors (Lipinski definition) is 1. The molecule has 5 heteroatoms. The minimum absolute atomic E-state index is 0.362. The molecule has 0 spiro atoms. The Morgan fingerprint density at radius 1 is 1.65 bits per heavy atom. The molecule has 2 rings (SSSR count). The highest BCUT2D eigenvalue weighted by molar-refractivity contribution is 7.15. The first-order chi connectivity index (χ1) is 7.94. The molecule has 0 aliphatic heterocycles. The van der Waals surface area contributed by atoms with Crippen LogP contribution in [0.1, 0.15) is 35.6 Å². The van der Waals surface area contributed by atoms with Crippen molar-refractivity contribution in [2.45, 2.75) is 27.2 Å². The van der Waals surface area contributed by atoms with Crippen LogP contribution in [0.4, 0.5) is 5.13 Å². The topological polar surface area (TPSA) is 51.2 Å². The lowest BCUT2D eigenvalue weighted by Crippen LogP contribution is -2.08. The summed E-state index contributed by atoms with van der Waals surface area (Å²) >= 11 is 1.50. The van der Waals surface area contributed by atoms with Gasteiger partial charge >= 0.3 is 5.97 Å². The number of ether oxygens (including phenoxy) is 1. The van der Waals surface area contributed by atoms with Crippen LogP contribution in [0, 0.1) is 18.3 Å². The molecule has 0 radical (unpaired) electrons. The molecule has 1 aromatic heterocycles. The lowest BCUT2D eigenvalue weighted by Gasteiger charge is -2.03. The SMILES string of the molecule is COC(=O)c1nc(NCC2CC2(C)C)sc1C. The molecule has 1 atom stereocenters. The van der Waals surface area contributed by atoms with Gasteiger partial charge in [-0.3, -0.25) is 0 Å². The van der Waals surface area contributed by atoms with Crippen LogP contribution in [-0.2, 0) is 4.74 Å². The summed E-state index contributed by atoms with van der Waals surface area (Å²) in [5.74, 6) is 0.354. The first-order valence-electron chi connectivity index (χ1n) is 5.73. The lowest BCUT2D eigenvalue weighted by atomic mass is 10.1. The van der Waals surface area contributed by atoms with Crippen molar-refractivity contribution in [1.82, 2.24) is 4.98 Å². The number of carbonyl (C=O) groups excluding carboxylic acids is 1. The van der Waals surface area contributed by atoms with E-state index in [0.29, 0.717) is 17.0 Å². The molecule has 0 bridgehead atoms. The Kier molecular flexibility index (Phi) is 3.12. The van der Waals surface area contributed by atoms with Crippen molar-refractivity contribution in [2.24, 2.45) is 11.3 Å². The van der Waals surface area contributed by atoms with E-state index in [2.05, 4.69) is 28.9 Å². The molecule has 1 unspecified atom stereocenters. The van der Waals surface area contributed by atoms with Crippen LogP contribution in [0.25, 0.3) is 0 Å². The molecular weight excluding hydrogens is 236 g/mol. The van der Waals surface area contributed by atoms with E-state index in [4.69, 9.17) is 0 Å². The zero-order chi connectivity index (χ0) is 12.6. The van der Waals surface area contributed by atoms with Crippen molar-refractivity contribution in [3.63, 3.8) is 0 Å². The molecule has 1 fully saturated rings. The van der Waals surface area contributed by atoms with E-state index in [-0.39, 0.29) is 5.97 Å². The van der Waals surface area contributed by atoms with Gasteiger partial charge in [0, 0.05) is 11.4 Å². The van der Waals surface area contributed by atoms with Crippen LogP contribution in [0.2, 0.25) is 0 Å². The Hall–Kier alpha value is -1.10. The molecule has 1 aliphatic carbocycles. The molecule has 94 valence electrons. The second kappa shape index (κ2) is 4.29. The van der Waals surface area contributed by atoms with Gasteiger partial charge in [0.2, 0.25) is 0 Å². The third kappa shape index (κ3) is 2.60. The van der Waals surface area contributed by atoms with Crippen molar-refractivity contribution in [2.75, 3.05) is 19.0 Å². The number of anilines is 1. The summed E-state index contributed by atoms with van der Waals surface area (Å²) in [6.07, 6.45) is 1.26. The predicted octanol–water partition coefficient (Wildman–Crippen LogP) is 2.70. The van der Waals surface area contributed by atoms with Crippen molar-refractivity contribution >= 4 is 22.4 Å². The molecule has 0 saturated heterocycles. The number of rotatable bonds is 4. The van der Waals surface area contributed by atoms with Crippen LogP contribution >= 0.6 is 11.3 Å². The predicted molar refractivity (Wildman–Crippen MR) is 68.6 cm³/mol. The van der Waals surface area contributed by atoms with Gasteiger partial charge in [-0.1, -0.05) is 13.8 Å². The zero-order valence-corrected chi connectivity index (χ0v) is 11.5. The fourth-order valence-corrected chi connectivity index (χ4v) is 2.70. The van der Waals surface area contributed by atoms with E-state index >= 15 is 0 Å². The molecule has 4 nitrogen and oxygen atoms in total. The smallest absolute Gasteiger partial charge is 0.357 e. The van der Waals surface area contributed by atoms with Gasteiger partial charge in [-0.05, 0) is 24.7 Å². The number of nitrogens with one attached hydrogen (secondary N) is 1. The number of nitrogens with zero attached hydrogens (tertiary/aromatic N) is 1. The molecule has 17 heavy (non-hydrogen) atoms. The maximum absolute atomic E-state index is 11.4. The molecule has 0 aromatic carbocycles. The summed E-state index contributed by atoms with van der Waals surface area (Å²) in [5.41, 5.74) is 0.889. The summed E-state index contributed by atoms with van der Waals surface area (Å²) in [6, 6.07) is 0. The lowest BCUT2D eigenvalue weighted by molar-refractivity contribution is 0.0594. The van der Waals surface area contributed by atoms with E-state index < -0.39 is 0 Å². The molecule has 1 aliphatic rings. The number of esters is 1. The number of hydrogen-bond acceptors (Lipinski definition) is 5. The van der Waals surface area contributed by atoms with Gasteiger partial charge in [0.25, 0.3) is 0 Å². The molecule has 0 amide bonds. The Labute approximate surface area is 105 Å². The average molecular weight is 254 g/mol. The minimum atomic E-state index is -0.362. The molecule has 1 saturated carbocycles. The van der Waals surface area contributed by atoms with Gasteiger partial charge < -0.3 is 10.1 Å². The monoisotopic (exact) mass is 254 g/mol. The van der Waals surface area contributed by atoms with Gasteiger partial charge in [0.15, 0.2) is 10.8 Å². The normalized spacial score (nSPS) is 21.1. The van der Waals surface area contributed by atoms with Crippen molar-refractivity contribution in [1.29, 1.82) is 0 Å². The van der Waals surface area contributed by atoms with E-state index in [1.165, 1.54) is 24.9 Å². The Morgan fingerprint density at radius 2 is 2.29 bits per heavy atom. The Balaban J connectivity index is 1.96. The van der Waals surface area contributed by atoms with Crippen LogP contribution in [0.5, 0.6) is 0 Å². The highest BCUT2D eigenvalue weighted by atomic mass is 32.1. The maximum Gasteiger partial charge on any atom is 0.357 e. The third-order valence-electron chi connectivity index (χ3n) is 3.39. The van der Waals surface area contributed by atoms with Crippen LogP contribution in [0.3, 0.4) is 0 Å². The fraction of sp³-hybridized carbons (Fsp3) is 0.667. The maximum atomic E-state index is 11.4. The standard InChI is InChI=1S/C12H18N2O2S/c1-7-9(10(15)16-4)14-11(17-7)13-6-8-5-12(8,2)3/h8H,5-6H2,1-4H3,(H,13,14). The second-order valence-corrected chi connectivity index (χ2v) is 6.39. The van der Waals surface area contributed by atoms with Crippen LogP contribution in [0.15, 0.2) is 0 Å². The summed E-state index contributed by atoms with van der Waals surface area (Å²) in [5, 5.41) is 4.11. The van der Waals surface area contributed by atoms with E-state index in [1.54, 1.807) is 0 Å². The molecular formula is C12H18N2O2S. The quantitative estimate of drug-likeness (QED) is 0.839. The highest BCUT2D eigenvalue weighted by Gasteiger charge is 2.45. The zero-order valence-electron chi connectivity index (χ0n) is 10.7. The van der Waals surface area contributed by atoms with Crippen LogP contribution < -0.4 is 5.32 Å². The van der Waals surface area contributed by atoms with Crippen molar-refractivity contribution < 1.29 is 9.53 Å².